The number of ether oxygens (including phenoxy) is 3. The number of amides is 2. The summed E-state index contributed by atoms with van der Waals surface area (Å²) in [6.45, 7) is 11.5. The average Bonchev–Trinajstić information content (AvgIpc) is 3.50. The largest absolute Gasteiger partial charge is 0.467 e. The van der Waals surface area contributed by atoms with Crippen molar-refractivity contribution in [3.8, 4) is 17.1 Å². The number of fused-ring (bicyclic) bond motifs is 4. The van der Waals surface area contributed by atoms with E-state index >= 15 is 4.39 Å². The number of piperazine rings is 1. The molecule has 6 rings (SSSR count). The Kier molecular flexibility index (Phi) is 8.32. The van der Waals surface area contributed by atoms with E-state index < -0.39 is 28.9 Å². The van der Waals surface area contributed by atoms with E-state index in [4.69, 9.17) is 25.8 Å². The minimum absolute atomic E-state index is 0.0305. The van der Waals surface area contributed by atoms with Gasteiger partial charge in [0.05, 0.1) is 34.4 Å². The van der Waals surface area contributed by atoms with Gasteiger partial charge >= 0.3 is 18.2 Å². The van der Waals surface area contributed by atoms with Crippen molar-refractivity contribution in [2.24, 2.45) is 0 Å². The van der Waals surface area contributed by atoms with Gasteiger partial charge in [0.2, 0.25) is 0 Å². The number of hydrogen-bond donors (Lipinski definition) is 1. The van der Waals surface area contributed by atoms with Crippen LogP contribution in [-0.4, -0.2) is 75.5 Å². The number of hydrogen-bond acceptors (Lipinski definition) is 10. The highest BCUT2D eigenvalue weighted by Gasteiger charge is 2.45. The average molecular weight is 689 g/mol. The highest BCUT2D eigenvalue weighted by atomic mass is 35.5. The smallest absolute Gasteiger partial charge is 0.413 e. The molecule has 2 fully saturated rings. The van der Waals surface area contributed by atoms with E-state index in [9.17, 15) is 14.0 Å². The molecule has 2 aromatic carbocycles. The summed E-state index contributed by atoms with van der Waals surface area (Å²) < 4.78 is 48.1. The van der Waals surface area contributed by atoms with Crippen LogP contribution in [0.1, 0.15) is 54.4 Å². The molecule has 4 heterocycles. The van der Waals surface area contributed by atoms with Crippen LogP contribution in [0.5, 0.6) is 6.01 Å². The number of carbonyl (C=O) groups is 2. The topological polar surface area (TPSA) is 119 Å². The van der Waals surface area contributed by atoms with Crippen LogP contribution < -0.4 is 15.0 Å². The summed E-state index contributed by atoms with van der Waals surface area (Å²) in [5, 5.41) is 2.98. The van der Waals surface area contributed by atoms with E-state index in [1.54, 1.807) is 31.7 Å². The van der Waals surface area contributed by atoms with Crippen LogP contribution in [0.2, 0.25) is 5.02 Å². The summed E-state index contributed by atoms with van der Waals surface area (Å²) in [5.41, 5.74) is -1.15. The first kappa shape index (κ1) is 32.9. The Balaban J connectivity index is 1.40. The van der Waals surface area contributed by atoms with Gasteiger partial charge in [0, 0.05) is 29.6 Å². The van der Waals surface area contributed by atoms with Gasteiger partial charge in [0.25, 0.3) is 0 Å². The van der Waals surface area contributed by atoms with Crippen molar-refractivity contribution < 1.29 is 32.6 Å². The van der Waals surface area contributed by atoms with E-state index in [1.165, 1.54) is 19.2 Å². The molecular weight excluding hydrogens is 654 g/mol. The summed E-state index contributed by atoms with van der Waals surface area (Å²) in [7, 11) is 1.39. The number of rotatable bonds is 4. The number of methoxy groups -OCH3 is 1. The summed E-state index contributed by atoms with van der Waals surface area (Å²) in [6, 6.07) is 3.85. The van der Waals surface area contributed by atoms with Gasteiger partial charge in [-0.1, -0.05) is 22.9 Å². The fourth-order valence-corrected chi connectivity index (χ4v) is 7.23. The summed E-state index contributed by atoms with van der Waals surface area (Å²) in [4.78, 5) is 42.5. The molecule has 1 N–H and O–H groups in total. The third-order valence-corrected chi connectivity index (χ3v) is 9.06. The Morgan fingerprint density at radius 1 is 0.979 bits per heavy atom. The zero-order chi connectivity index (χ0) is 34.0. The number of anilines is 2. The monoisotopic (exact) mass is 688 g/mol. The lowest BCUT2D eigenvalue weighted by atomic mass is 10.0. The van der Waals surface area contributed by atoms with Gasteiger partial charge in [0.15, 0.2) is 10.9 Å². The highest BCUT2D eigenvalue weighted by Crippen LogP contribution is 2.44. The van der Waals surface area contributed by atoms with Crippen LogP contribution in [0.15, 0.2) is 18.2 Å². The van der Waals surface area contributed by atoms with Gasteiger partial charge in [-0.05, 0) is 72.6 Å². The Morgan fingerprint density at radius 3 is 2.26 bits per heavy atom. The second kappa shape index (κ2) is 11.9. The molecule has 11 nitrogen and oxygen atoms in total. The number of halogens is 3. The number of nitrogens with one attached hydrogen (secondary N) is 1. The predicted octanol–water partition coefficient (Wildman–Crippen LogP) is 7.78. The molecule has 2 amide bonds. The van der Waals surface area contributed by atoms with Gasteiger partial charge in [-0.2, -0.15) is 9.97 Å². The Bertz CT molecular complexity index is 1900. The fourth-order valence-electron chi connectivity index (χ4n) is 6.05. The molecule has 2 aliphatic heterocycles. The normalized spacial score (nSPS) is 18.2. The number of aromatic nitrogens is 3. The Morgan fingerprint density at radius 2 is 1.64 bits per heavy atom. The van der Waals surface area contributed by atoms with Crippen LogP contribution in [0, 0.1) is 11.6 Å². The lowest BCUT2D eigenvalue weighted by molar-refractivity contribution is 0.0122. The third kappa shape index (κ3) is 6.45. The minimum atomic E-state index is -0.771. The van der Waals surface area contributed by atoms with Crippen molar-refractivity contribution in [1.29, 1.82) is 0 Å². The van der Waals surface area contributed by atoms with Crippen molar-refractivity contribution in [1.82, 2.24) is 19.9 Å². The van der Waals surface area contributed by atoms with Crippen LogP contribution >= 0.6 is 22.9 Å². The van der Waals surface area contributed by atoms with Crippen LogP contribution in [0.3, 0.4) is 0 Å². The lowest BCUT2D eigenvalue weighted by Gasteiger charge is -2.42. The fraction of sp³-hybridized carbons (Fsp3) is 0.469. The molecule has 2 aliphatic rings. The van der Waals surface area contributed by atoms with Crippen LogP contribution in [-0.2, 0) is 9.47 Å². The first-order valence-electron chi connectivity index (χ1n) is 15.1. The van der Waals surface area contributed by atoms with E-state index in [1.807, 2.05) is 25.7 Å². The lowest BCUT2D eigenvalue weighted by Crippen LogP contribution is -2.57. The molecule has 250 valence electrons. The van der Waals surface area contributed by atoms with Gasteiger partial charge in [-0.3, -0.25) is 10.2 Å². The molecule has 2 atom stereocenters. The Hall–Kier alpha value is -4.04. The molecule has 2 saturated heterocycles. The van der Waals surface area contributed by atoms with Crippen molar-refractivity contribution >= 4 is 67.2 Å². The van der Waals surface area contributed by atoms with E-state index in [2.05, 4.69) is 20.3 Å². The van der Waals surface area contributed by atoms with Gasteiger partial charge in [-0.15, -0.1) is 0 Å². The number of carbonyl (C=O) groups excluding carboxylic acids is 2. The van der Waals surface area contributed by atoms with E-state index in [0.717, 1.165) is 24.2 Å². The summed E-state index contributed by atoms with van der Waals surface area (Å²) >= 11 is 7.69. The maximum absolute atomic E-state index is 16.7. The highest BCUT2D eigenvalue weighted by molar-refractivity contribution is 7.22. The predicted molar refractivity (Wildman–Crippen MR) is 177 cm³/mol. The standard InChI is InChI=1S/C32H35ClF2N6O5S/c1-31(2,3)45-29(42)39-28-37-24-17(10-11-20(34)25(24)47-28)21-19(33)12-18-23(22(21)35)36-27(44-7)38-26(18)40-13-15-8-9-16(14-40)41(15)30(43)46-32(4,5)6/h10-12,15-16H,8-9,13-14H2,1-7H3,(H,37,39,42). The summed E-state index contributed by atoms with van der Waals surface area (Å²) in [6.07, 6.45) is 0.466. The molecule has 4 aromatic rings. The summed E-state index contributed by atoms with van der Waals surface area (Å²) in [5.74, 6) is -0.948. The van der Waals surface area contributed by atoms with Crippen molar-refractivity contribution in [3.63, 3.8) is 0 Å². The van der Waals surface area contributed by atoms with Crippen molar-refractivity contribution in [3.05, 3.63) is 34.9 Å². The third-order valence-electron chi connectivity index (χ3n) is 7.78. The molecular formula is C32H35ClF2N6O5S. The Labute approximate surface area is 279 Å². The number of benzene rings is 2. The maximum atomic E-state index is 16.7. The number of thiazole rings is 1. The van der Waals surface area contributed by atoms with Gasteiger partial charge in [-0.25, -0.2) is 23.4 Å². The van der Waals surface area contributed by atoms with Crippen LogP contribution in [0.25, 0.3) is 32.2 Å². The molecule has 0 radical (unpaired) electrons. The van der Waals surface area contributed by atoms with Gasteiger partial charge in [0.1, 0.15) is 28.4 Å². The molecule has 47 heavy (non-hydrogen) atoms. The first-order valence-corrected chi connectivity index (χ1v) is 16.3. The molecule has 0 aliphatic carbocycles. The van der Waals surface area contributed by atoms with Crippen molar-refractivity contribution in [2.45, 2.75) is 77.7 Å². The van der Waals surface area contributed by atoms with E-state index in [-0.39, 0.29) is 61.2 Å². The second-order valence-electron chi connectivity index (χ2n) is 13.6. The molecule has 2 aromatic heterocycles. The first-order chi connectivity index (χ1) is 22.0. The number of nitrogens with zero attached hydrogens (tertiary/aromatic N) is 5. The second-order valence-corrected chi connectivity index (χ2v) is 15.0. The molecule has 15 heteroatoms. The molecule has 2 unspecified atom stereocenters. The van der Waals surface area contributed by atoms with E-state index in [0.29, 0.717) is 24.3 Å². The molecule has 0 saturated carbocycles. The molecule has 2 bridgehead atoms. The zero-order valence-corrected chi connectivity index (χ0v) is 28.6. The quantitative estimate of drug-likeness (QED) is 0.229. The maximum Gasteiger partial charge on any atom is 0.413 e. The van der Waals surface area contributed by atoms with Gasteiger partial charge < -0.3 is 19.1 Å². The van der Waals surface area contributed by atoms with Crippen molar-refractivity contribution in [2.75, 3.05) is 30.4 Å². The SMILES string of the molecule is COc1nc(N2CC3CCC(C2)N3C(=O)OC(C)(C)C)c2cc(Cl)c(-c3ccc(F)c4sc(NC(=O)OC(C)(C)C)nc34)c(F)c2n1. The molecule has 0 spiro atoms. The van der Waals surface area contributed by atoms with Crippen LogP contribution in [0.4, 0.5) is 29.3 Å². The zero-order valence-electron chi connectivity index (χ0n) is 27.0. The minimum Gasteiger partial charge on any atom is -0.467 e.